The van der Waals surface area contributed by atoms with Crippen molar-refractivity contribution >= 4 is 71.4 Å². The molecule has 0 spiro atoms. The molecule has 0 bridgehead atoms. The number of sulfonamides is 2. The number of carbonyl (C=O) groups excluding carboxylic acids is 3. The van der Waals surface area contributed by atoms with E-state index in [4.69, 9.17) is 19.4 Å². The highest BCUT2D eigenvalue weighted by Crippen LogP contribution is 2.48. The molecule has 8 rings (SSSR count). The van der Waals surface area contributed by atoms with Gasteiger partial charge in [-0.2, -0.15) is 0 Å². The second-order valence-corrected chi connectivity index (χ2v) is 23.2. The maximum absolute atomic E-state index is 15.1. The van der Waals surface area contributed by atoms with E-state index in [0.717, 1.165) is 30.4 Å². The number of anilines is 2. The van der Waals surface area contributed by atoms with Crippen LogP contribution in [0, 0.1) is 12.8 Å². The van der Waals surface area contributed by atoms with Crippen LogP contribution in [0.5, 0.6) is 11.5 Å². The van der Waals surface area contributed by atoms with Gasteiger partial charge in [-0.3, -0.25) is 23.8 Å². The van der Waals surface area contributed by atoms with Crippen molar-refractivity contribution in [3.05, 3.63) is 71.3 Å². The first-order valence-electron chi connectivity index (χ1n) is 22.1. The van der Waals surface area contributed by atoms with E-state index in [2.05, 4.69) is 33.9 Å². The van der Waals surface area contributed by atoms with Crippen LogP contribution >= 0.6 is 11.3 Å². The Morgan fingerprint density at radius 3 is 2.49 bits per heavy atom. The molecule has 65 heavy (non-hydrogen) atoms. The highest BCUT2D eigenvalue weighted by molar-refractivity contribution is 7.92. The van der Waals surface area contributed by atoms with Crippen molar-refractivity contribution in [3.63, 3.8) is 0 Å². The molecule has 2 aliphatic carbocycles. The first-order chi connectivity index (χ1) is 30.8. The fourth-order valence-electron chi connectivity index (χ4n) is 8.69. The maximum Gasteiger partial charge on any atom is 0.259 e. The predicted molar refractivity (Wildman–Crippen MR) is 251 cm³/mol. The maximum atomic E-state index is 15.1. The SMILES string of the molecule is COc1ccc2c(O[C@@H]3C[C@H]4C(=O)N[C@]5(C(=O)NS(=O)(=O)C6(C)CC6)C[C@@H]5/C=C\CCCCC[C@H](Nc5cccc(NS(C)(=O)=O)c5)C(=O)N4C3)cc(-c3nc(C(C)C)cs3)nc2c1C. The zero-order chi connectivity index (χ0) is 46.5. The Bertz CT molecular complexity index is 2770. The predicted octanol–water partition coefficient (Wildman–Crippen LogP) is 6.39. The minimum absolute atomic E-state index is 0.00305. The summed E-state index contributed by atoms with van der Waals surface area (Å²) in [5.74, 6) is -0.921. The van der Waals surface area contributed by atoms with Crippen molar-refractivity contribution in [2.45, 2.75) is 120 Å². The summed E-state index contributed by atoms with van der Waals surface area (Å²) in [5, 5.41) is 9.71. The highest BCUT2D eigenvalue weighted by Gasteiger charge is 2.63. The Morgan fingerprint density at radius 1 is 1.02 bits per heavy atom. The zero-order valence-electron chi connectivity index (χ0n) is 37.5. The molecule has 19 heteroatoms. The molecule has 5 atom stereocenters. The van der Waals surface area contributed by atoms with E-state index < -0.39 is 66.3 Å². The van der Waals surface area contributed by atoms with E-state index in [0.29, 0.717) is 76.6 Å². The summed E-state index contributed by atoms with van der Waals surface area (Å²) in [5.41, 5.74) is 2.24. The van der Waals surface area contributed by atoms with Crippen LogP contribution < -0.4 is 29.6 Å². The van der Waals surface area contributed by atoms with E-state index in [1.807, 2.05) is 42.7 Å². The Kier molecular flexibility index (Phi) is 12.7. The molecule has 4 aliphatic rings. The monoisotopic (exact) mass is 947 g/mol. The van der Waals surface area contributed by atoms with Crippen molar-refractivity contribution in [2.24, 2.45) is 5.92 Å². The number of aryl methyl sites for hydroxylation is 1. The van der Waals surface area contributed by atoms with Gasteiger partial charge < -0.3 is 25.0 Å². The first kappa shape index (κ1) is 46.3. The summed E-state index contributed by atoms with van der Waals surface area (Å²) in [6.45, 7) is 7.66. The fourth-order valence-corrected chi connectivity index (χ4v) is 11.5. The average Bonchev–Trinajstić information content (AvgIpc) is 4.02. The van der Waals surface area contributed by atoms with Crippen LogP contribution in [-0.2, 0) is 34.4 Å². The number of carbonyl (C=O) groups is 3. The van der Waals surface area contributed by atoms with E-state index in [1.165, 1.54) is 16.2 Å². The van der Waals surface area contributed by atoms with Crippen molar-refractivity contribution in [3.8, 4) is 22.2 Å². The number of aromatic nitrogens is 2. The van der Waals surface area contributed by atoms with Crippen LogP contribution in [0.25, 0.3) is 21.6 Å². The quantitative estimate of drug-likeness (QED) is 0.114. The van der Waals surface area contributed by atoms with E-state index in [1.54, 1.807) is 38.3 Å². The number of hydrogen-bond acceptors (Lipinski definition) is 13. The Labute approximate surface area is 384 Å². The number of thiazole rings is 1. The third kappa shape index (κ3) is 9.82. The molecular formula is C46H57N7O9S3. The summed E-state index contributed by atoms with van der Waals surface area (Å²) in [6, 6.07) is 10.2. The lowest BCUT2D eigenvalue weighted by molar-refractivity contribution is -0.140. The van der Waals surface area contributed by atoms with Gasteiger partial charge >= 0.3 is 0 Å². The number of allylic oxidation sites excluding steroid dienone is 1. The van der Waals surface area contributed by atoms with Gasteiger partial charge in [0.25, 0.3) is 5.91 Å². The number of rotatable bonds is 12. The zero-order valence-corrected chi connectivity index (χ0v) is 39.9. The van der Waals surface area contributed by atoms with Gasteiger partial charge in [-0.1, -0.05) is 44.9 Å². The lowest BCUT2D eigenvalue weighted by Gasteiger charge is -2.30. The topological polar surface area (TPSA) is 215 Å². The molecular weight excluding hydrogens is 891 g/mol. The smallest absolute Gasteiger partial charge is 0.259 e. The molecule has 2 aromatic carbocycles. The summed E-state index contributed by atoms with van der Waals surface area (Å²) >= 11 is 1.48. The van der Waals surface area contributed by atoms with Crippen LogP contribution in [0.4, 0.5) is 11.4 Å². The van der Waals surface area contributed by atoms with Gasteiger partial charge in [-0.15, -0.1) is 11.3 Å². The standard InChI is InChI=1S/C46H57N7O9S3/c1-27(2)36-26-63-42(49-36)35-23-39(33-17-18-38(61-5)28(3)40(33)48-35)62-32-22-37-41(54)50-46(44(56)52-65(59,60)45(4)19-20-45)24-29(46)13-10-8-7-9-11-16-34(43(55)53(37)25-32)47-30-14-12-15-31(21-30)51-64(6,57)58/h10,12-15,17-18,21,23,26-27,29,32,34,37,47,51H,7-9,11,16,19-20,22,24-25H2,1-6H3,(H,50,54)(H,52,56)/b13-10-/t29-,32+,34-,37-,46+/m0/s1. The van der Waals surface area contributed by atoms with Crippen molar-refractivity contribution in [1.29, 1.82) is 0 Å². The largest absolute Gasteiger partial charge is 0.496 e. The minimum Gasteiger partial charge on any atom is -0.496 e. The van der Waals surface area contributed by atoms with Gasteiger partial charge in [0, 0.05) is 40.4 Å². The van der Waals surface area contributed by atoms with Gasteiger partial charge in [-0.25, -0.2) is 26.8 Å². The van der Waals surface area contributed by atoms with E-state index in [-0.39, 0.29) is 31.2 Å². The number of pyridine rings is 1. The Morgan fingerprint density at radius 2 is 1.78 bits per heavy atom. The molecule has 4 heterocycles. The normalized spacial score (nSPS) is 25.1. The molecule has 0 radical (unpaired) electrons. The molecule has 4 N–H and O–H groups in total. The molecule has 3 fully saturated rings. The summed E-state index contributed by atoms with van der Waals surface area (Å²) in [6.07, 6.45) is 8.63. The van der Waals surface area contributed by atoms with Crippen molar-refractivity contribution in [1.82, 2.24) is 24.9 Å². The van der Waals surface area contributed by atoms with Crippen LogP contribution in [0.1, 0.15) is 95.7 Å². The lowest BCUT2D eigenvalue weighted by Crippen LogP contribution is -2.58. The number of benzene rings is 2. The number of nitrogens with one attached hydrogen (secondary N) is 4. The lowest BCUT2D eigenvalue weighted by atomic mass is 10.0. The number of ether oxygens (including phenoxy) is 2. The third-order valence-electron chi connectivity index (χ3n) is 13.0. The fraction of sp³-hybridized carbons (Fsp3) is 0.500. The van der Waals surface area contributed by atoms with Gasteiger partial charge in [0.05, 0.1) is 41.6 Å². The Balaban J connectivity index is 1.16. The van der Waals surface area contributed by atoms with E-state index >= 15 is 4.79 Å². The highest BCUT2D eigenvalue weighted by atomic mass is 32.2. The van der Waals surface area contributed by atoms with Crippen LogP contribution in [0.3, 0.4) is 0 Å². The molecule has 2 aromatic heterocycles. The number of hydrogen-bond donors (Lipinski definition) is 4. The minimum atomic E-state index is -4.02. The van der Waals surface area contributed by atoms with Crippen molar-refractivity contribution in [2.75, 3.05) is 29.9 Å². The molecule has 4 aromatic rings. The van der Waals surface area contributed by atoms with Crippen LogP contribution in [-0.4, -0.2) is 97.8 Å². The summed E-state index contributed by atoms with van der Waals surface area (Å²) < 4.78 is 67.1. The molecule has 348 valence electrons. The van der Waals surface area contributed by atoms with Crippen LogP contribution in [0.2, 0.25) is 0 Å². The summed E-state index contributed by atoms with van der Waals surface area (Å²) in [7, 11) is -6.01. The molecule has 16 nitrogen and oxygen atoms in total. The molecule has 2 saturated carbocycles. The first-order valence-corrected chi connectivity index (χ1v) is 26.4. The molecule has 1 saturated heterocycles. The van der Waals surface area contributed by atoms with Crippen molar-refractivity contribution < 1.29 is 40.7 Å². The molecule has 3 amide bonds. The molecule has 2 aliphatic heterocycles. The van der Waals surface area contributed by atoms with Gasteiger partial charge in [0.2, 0.25) is 31.9 Å². The number of amides is 3. The average molecular weight is 948 g/mol. The number of methoxy groups -OCH3 is 1. The van der Waals surface area contributed by atoms with E-state index in [9.17, 15) is 26.4 Å². The second-order valence-electron chi connectivity index (χ2n) is 18.4. The van der Waals surface area contributed by atoms with Gasteiger partial charge in [0.1, 0.15) is 45.9 Å². The van der Waals surface area contributed by atoms with Crippen LogP contribution in [0.15, 0.2) is 60.0 Å². The molecule has 0 unspecified atom stereocenters. The number of nitrogens with zero attached hydrogens (tertiary/aromatic N) is 3. The number of fused-ring (bicyclic) bond motifs is 3. The third-order valence-corrected chi connectivity index (χ3v) is 16.6. The van der Waals surface area contributed by atoms with Gasteiger partial charge in [0.15, 0.2) is 0 Å². The Hall–Kier alpha value is -5.27. The summed E-state index contributed by atoms with van der Waals surface area (Å²) in [4.78, 5) is 55.4. The second kappa shape index (κ2) is 17.8. The van der Waals surface area contributed by atoms with Gasteiger partial charge in [-0.05, 0) is 88.6 Å².